The van der Waals surface area contributed by atoms with E-state index in [0.717, 1.165) is 49.0 Å². The topological polar surface area (TPSA) is 122 Å². The molecule has 0 aliphatic heterocycles. The van der Waals surface area contributed by atoms with Crippen molar-refractivity contribution in [1.29, 1.82) is 0 Å². The fourth-order valence-corrected chi connectivity index (χ4v) is 7.91. The lowest BCUT2D eigenvalue weighted by Crippen LogP contribution is -2.23. The minimum Gasteiger partial charge on any atom is -0.478 e. The molecule has 0 radical (unpaired) electrons. The van der Waals surface area contributed by atoms with Gasteiger partial charge in [0.1, 0.15) is 5.00 Å². The zero-order valence-corrected chi connectivity index (χ0v) is 27.6. The summed E-state index contributed by atoms with van der Waals surface area (Å²) in [6.07, 6.45) is 5.86. The molecule has 1 aliphatic rings. The first-order chi connectivity index (χ1) is 20.4. The Kier molecular flexibility index (Phi) is 11.3. The number of thioether (sulfide) groups is 1. The fraction of sp³-hybridized carbons (Fsp3) is 0.310. The number of esters is 1. The average molecular weight is 704 g/mol. The van der Waals surface area contributed by atoms with Gasteiger partial charge < -0.3 is 20.5 Å². The lowest BCUT2D eigenvalue weighted by molar-refractivity contribution is -0.115. The quantitative estimate of drug-likeness (QED) is 0.0927. The van der Waals surface area contributed by atoms with Crippen LogP contribution in [0.3, 0.4) is 0 Å². The number of benzene rings is 2. The Hall–Kier alpha value is -2.47. The van der Waals surface area contributed by atoms with Crippen molar-refractivity contribution in [3.63, 3.8) is 0 Å². The van der Waals surface area contributed by atoms with Crippen LogP contribution < -0.4 is 10.6 Å². The molecule has 1 heterocycles. The Morgan fingerprint density at radius 2 is 1.56 bits per heavy atom. The van der Waals surface area contributed by atoms with Crippen LogP contribution in [0.2, 0.25) is 20.1 Å². The number of carboxylic acid groups (broad SMARTS) is 1. The van der Waals surface area contributed by atoms with Crippen molar-refractivity contribution in [3.8, 4) is 0 Å². The molecular weight excluding hydrogens is 678 g/mol. The Balaban J connectivity index is 1.52. The Bertz CT molecular complexity index is 1610. The molecule has 0 fully saturated rings. The maximum atomic E-state index is 13.3. The number of carbonyl (C=O) groups excluding carboxylic acids is 3. The lowest BCUT2D eigenvalue weighted by Gasteiger charge is -2.15. The predicted molar refractivity (Wildman–Crippen MR) is 173 cm³/mol. The van der Waals surface area contributed by atoms with Gasteiger partial charge in [-0.2, -0.15) is 0 Å². The number of carboxylic acids is 1. The van der Waals surface area contributed by atoms with Gasteiger partial charge >= 0.3 is 11.9 Å². The van der Waals surface area contributed by atoms with Gasteiger partial charge in [-0.05, 0) is 56.4 Å². The number of thiophene rings is 1. The molecular formula is C29H26Cl4N2O6S2. The van der Waals surface area contributed by atoms with Crippen LogP contribution in [0.1, 0.15) is 74.1 Å². The van der Waals surface area contributed by atoms with E-state index in [2.05, 4.69) is 10.6 Å². The van der Waals surface area contributed by atoms with E-state index in [1.807, 2.05) is 0 Å². The highest BCUT2D eigenvalue weighted by Crippen LogP contribution is 2.42. The average Bonchev–Trinajstić information content (AvgIpc) is 3.28. The van der Waals surface area contributed by atoms with Crippen molar-refractivity contribution in [2.45, 2.75) is 55.6 Å². The van der Waals surface area contributed by atoms with E-state index in [0.29, 0.717) is 21.1 Å². The molecule has 14 heteroatoms. The molecule has 3 aromatic rings. The number of hydrogen-bond donors (Lipinski definition) is 3. The van der Waals surface area contributed by atoms with Crippen LogP contribution in [0.15, 0.2) is 29.2 Å². The summed E-state index contributed by atoms with van der Waals surface area (Å²) in [5, 5.41) is 13.8. The van der Waals surface area contributed by atoms with E-state index in [4.69, 9.17) is 51.1 Å². The number of carbonyl (C=O) groups is 4. The number of amides is 2. The van der Waals surface area contributed by atoms with Gasteiger partial charge in [-0.1, -0.05) is 65.3 Å². The molecule has 0 saturated heterocycles. The number of fused-ring (bicyclic) bond motifs is 1. The molecule has 228 valence electrons. The zero-order valence-electron chi connectivity index (χ0n) is 22.9. The second kappa shape index (κ2) is 14.5. The van der Waals surface area contributed by atoms with Crippen molar-refractivity contribution < 1.29 is 29.0 Å². The summed E-state index contributed by atoms with van der Waals surface area (Å²) in [5.74, 6) is -3.14. The smallest absolute Gasteiger partial charge is 0.341 e. The van der Waals surface area contributed by atoms with E-state index in [1.54, 1.807) is 31.2 Å². The monoisotopic (exact) mass is 702 g/mol. The molecule has 0 saturated carbocycles. The Morgan fingerprint density at radius 1 is 0.907 bits per heavy atom. The molecule has 0 bridgehead atoms. The molecule has 4 rings (SSSR count). The van der Waals surface area contributed by atoms with E-state index >= 15 is 0 Å². The van der Waals surface area contributed by atoms with E-state index in [9.17, 15) is 24.3 Å². The second-order valence-electron chi connectivity index (χ2n) is 9.66. The van der Waals surface area contributed by atoms with Crippen LogP contribution in [-0.2, 0) is 22.4 Å². The van der Waals surface area contributed by atoms with Crippen LogP contribution >= 0.6 is 69.5 Å². The Labute approximate surface area is 276 Å². The highest BCUT2D eigenvalue weighted by Gasteiger charge is 2.30. The molecule has 43 heavy (non-hydrogen) atoms. The standard InChI is InChI=1S/C29H26Cl4N2O6S2/c1-13(25(36)35-27-18(29(40)41-2)16-10-5-3-4-6-11-17(16)43-27)42-15-9-7-8-14(12-15)34-26(37)19-20(28(38)39)22(31)24(33)23(32)21(19)30/h7-9,12-13H,3-6,10-11H2,1-2H3,(H,34,37)(H,35,36)(H,38,39). The van der Waals surface area contributed by atoms with Gasteiger partial charge in [0.15, 0.2) is 0 Å². The summed E-state index contributed by atoms with van der Waals surface area (Å²) < 4.78 is 5.05. The normalized spacial score (nSPS) is 13.7. The molecule has 1 aromatic heterocycles. The molecule has 2 amide bonds. The zero-order chi connectivity index (χ0) is 31.4. The van der Waals surface area contributed by atoms with Gasteiger partial charge in [0.25, 0.3) is 5.91 Å². The summed E-state index contributed by atoms with van der Waals surface area (Å²) in [7, 11) is 1.33. The third-order valence-corrected chi connectivity index (χ3v) is 10.9. The van der Waals surface area contributed by atoms with Gasteiger partial charge in [0.2, 0.25) is 5.91 Å². The molecule has 0 spiro atoms. The number of nitrogens with one attached hydrogen (secondary N) is 2. The minimum absolute atomic E-state index is 0.249. The lowest BCUT2D eigenvalue weighted by atomic mass is 9.96. The van der Waals surface area contributed by atoms with Crippen molar-refractivity contribution in [2.75, 3.05) is 17.7 Å². The number of anilines is 2. The van der Waals surface area contributed by atoms with Crippen LogP contribution in [0.5, 0.6) is 0 Å². The number of aromatic carboxylic acids is 1. The molecule has 8 nitrogen and oxygen atoms in total. The SMILES string of the molecule is COC(=O)c1c(NC(=O)C(C)Sc2cccc(NC(=O)c3c(Cl)c(Cl)c(Cl)c(Cl)c3C(=O)O)c2)sc2c1CCCCCC2. The maximum absolute atomic E-state index is 13.3. The first-order valence-corrected chi connectivity index (χ1v) is 16.4. The first kappa shape index (κ1) is 33.4. The van der Waals surface area contributed by atoms with Crippen LogP contribution in [0.25, 0.3) is 0 Å². The molecule has 3 N–H and O–H groups in total. The minimum atomic E-state index is -1.51. The second-order valence-corrected chi connectivity index (χ2v) is 13.7. The summed E-state index contributed by atoms with van der Waals surface area (Å²) in [6, 6.07) is 6.63. The largest absolute Gasteiger partial charge is 0.478 e. The number of halogens is 4. The number of aryl methyl sites for hydroxylation is 1. The molecule has 1 atom stereocenters. The summed E-state index contributed by atoms with van der Waals surface area (Å²) >= 11 is 27.0. The van der Waals surface area contributed by atoms with E-state index < -0.39 is 39.2 Å². The molecule has 1 unspecified atom stereocenters. The van der Waals surface area contributed by atoms with Crippen LogP contribution in [-0.4, -0.2) is 41.2 Å². The van der Waals surface area contributed by atoms with Gasteiger partial charge in [-0.25, -0.2) is 9.59 Å². The van der Waals surface area contributed by atoms with E-state index in [1.165, 1.54) is 30.2 Å². The summed E-state index contributed by atoms with van der Waals surface area (Å²) in [5.41, 5.74) is 0.683. The first-order valence-electron chi connectivity index (χ1n) is 13.2. The number of ether oxygens (including phenoxy) is 1. The van der Waals surface area contributed by atoms with Gasteiger partial charge in [-0.3, -0.25) is 9.59 Å². The predicted octanol–water partition coefficient (Wildman–Crippen LogP) is 8.88. The van der Waals surface area contributed by atoms with Gasteiger partial charge in [-0.15, -0.1) is 23.1 Å². The fourth-order valence-electron chi connectivity index (χ4n) is 4.68. The number of rotatable bonds is 8. The summed E-state index contributed by atoms with van der Waals surface area (Å²) in [6.45, 7) is 1.73. The van der Waals surface area contributed by atoms with Crippen molar-refractivity contribution >= 4 is 104 Å². The Morgan fingerprint density at radius 3 is 2.21 bits per heavy atom. The highest BCUT2D eigenvalue weighted by atomic mass is 35.5. The van der Waals surface area contributed by atoms with Crippen molar-refractivity contribution in [2.24, 2.45) is 0 Å². The third-order valence-electron chi connectivity index (χ3n) is 6.78. The van der Waals surface area contributed by atoms with Crippen molar-refractivity contribution in [1.82, 2.24) is 0 Å². The van der Waals surface area contributed by atoms with Gasteiger partial charge in [0, 0.05) is 15.5 Å². The van der Waals surface area contributed by atoms with E-state index in [-0.39, 0.29) is 21.0 Å². The number of hydrogen-bond acceptors (Lipinski definition) is 7. The molecule has 2 aromatic carbocycles. The van der Waals surface area contributed by atoms with Gasteiger partial charge in [0.05, 0.1) is 49.1 Å². The van der Waals surface area contributed by atoms with Crippen LogP contribution in [0, 0.1) is 0 Å². The van der Waals surface area contributed by atoms with Crippen molar-refractivity contribution in [3.05, 3.63) is 71.5 Å². The molecule has 1 aliphatic carbocycles. The van der Waals surface area contributed by atoms with Crippen LogP contribution in [0.4, 0.5) is 10.7 Å². The summed E-state index contributed by atoms with van der Waals surface area (Å²) in [4.78, 5) is 52.7. The highest BCUT2D eigenvalue weighted by molar-refractivity contribution is 8.00. The number of methoxy groups -OCH3 is 1. The maximum Gasteiger partial charge on any atom is 0.341 e. The third kappa shape index (κ3) is 7.44.